The van der Waals surface area contributed by atoms with E-state index in [1.807, 2.05) is 0 Å². The highest BCUT2D eigenvalue weighted by molar-refractivity contribution is 4.99. The van der Waals surface area contributed by atoms with Gasteiger partial charge in [-0.15, -0.1) is 0 Å². The second-order valence-corrected chi connectivity index (χ2v) is 4.96. The molecule has 4 unspecified atom stereocenters. The molecule has 4 atom stereocenters. The normalized spacial score (nSPS) is 51.5. The third-order valence-electron chi connectivity index (χ3n) is 4.03. The Labute approximate surface area is 80.0 Å². The summed E-state index contributed by atoms with van der Waals surface area (Å²) in [6.07, 6.45) is 5.72. The largest absolute Gasteiger partial charge is 0.393 e. The van der Waals surface area contributed by atoms with Crippen molar-refractivity contribution in [1.29, 1.82) is 0 Å². The van der Waals surface area contributed by atoms with Crippen molar-refractivity contribution in [3.63, 3.8) is 0 Å². The SMILES string of the molecule is CC1CCCC2(O)CCCC(O)C12. The molecule has 0 heterocycles. The predicted molar refractivity (Wildman–Crippen MR) is 51.3 cm³/mol. The molecule has 0 aromatic heterocycles. The van der Waals surface area contributed by atoms with Crippen LogP contribution < -0.4 is 0 Å². The molecule has 2 aliphatic rings. The Hall–Kier alpha value is -0.0800. The molecule has 0 aromatic carbocycles. The molecule has 0 radical (unpaired) electrons. The van der Waals surface area contributed by atoms with Gasteiger partial charge in [0.25, 0.3) is 0 Å². The fourth-order valence-corrected chi connectivity index (χ4v) is 3.43. The average molecular weight is 184 g/mol. The Morgan fingerprint density at radius 2 is 1.77 bits per heavy atom. The van der Waals surface area contributed by atoms with Crippen molar-refractivity contribution in [3.05, 3.63) is 0 Å². The molecule has 13 heavy (non-hydrogen) atoms. The zero-order valence-electron chi connectivity index (χ0n) is 8.37. The summed E-state index contributed by atoms with van der Waals surface area (Å²) in [5.74, 6) is 0.643. The zero-order valence-corrected chi connectivity index (χ0v) is 8.37. The Bertz CT molecular complexity index is 175. The van der Waals surface area contributed by atoms with Crippen molar-refractivity contribution in [2.45, 2.75) is 57.2 Å². The van der Waals surface area contributed by atoms with Crippen molar-refractivity contribution in [1.82, 2.24) is 0 Å². The number of hydrogen-bond donors (Lipinski definition) is 2. The minimum atomic E-state index is -0.532. The van der Waals surface area contributed by atoms with Crippen molar-refractivity contribution in [2.75, 3.05) is 0 Å². The Morgan fingerprint density at radius 3 is 2.38 bits per heavy atom. The van der Waals surface area contributed by atoms with E-state index in [1.54, 1.807) is 0 Å². The van der Waals surface area contributed by atoms with E-state index in [-0.39, 0.29) is 12.0 Å². The maximum Gasteiger partial charge on any atom is 0.0703 e. The molecule has 0 aromatic rings. The number of rotatable bonds is 0. The van der Waals surface area contributed by atoms with Crippen molar-refractivity contribution in [3.8, 4) is 0 Å². The number of aliphatic hydroxyl groups excluding tert-OH is 1. The standard InChI is InChI=1S/C11H20O2/c1-8-4-2-6-11(13)7-3-5-9(12)10(8)11/h8-10,12-13H,2-7H2,1H3. The lowest BCUT2D eigenvalue weighted by atomic mass is 9.62. The van der Waals surface area contributed by atoms with E-state index in [1.165, 1.54) is 6.42 Å². The summed E-state index contributed by atoms with van der Waals surface area (Å²) in [5.41, 5.74) is -0.532. The van der Waals surface area contributed by atoms with Gasteiger partial charge in [-0.05, 0) is 31.6 Å². The minimum absolute atomic E-state index is 0.148. The molecule has 2 aliphatic carbocycles. The van der Waals surface area contributed by atoms with Crippen LogP contribution in [-0.2, 0) is 0 Å². The molecule has 0 saturated heterocycles. The first-order valence-electron chi connectivity index (χ1n) is 5.54. The highest BCUT2D eigenvalue weighted by atomic mass is 16.3. The number of aliphatic hydroxyl groups is 2. The molecule has 0 bridgehead atoms. The smallest absolute Gasteiger partial charge is 0.0703 e. The van der Waals surface area contributed by atoms with Crippen LogP contribution >= 0.6 is 0 Å². The van der Waals surface area contributed by atoms with Crippen LogP contribution in [0.5, 0.6) is 0 Å². The van der Waals surface area contributed by atoms with Crippen LogP contribution in [0.3, 0.4) is 0 Å². The summed E-state index contributed by atoms with van der Waals surface area (Å²) < 4.78 is 0. The summed E-state index contributed by atoms with van der Waals surface area (Å²) in [5, 5.41) is 20.3. The molecule has 2 saturated carbocycles. The van der Waals surface area contributed by atoms with Crippen LogP contribution in [0, 0.1) is 11.8 Å². The van der Waals surface area contributed by atoms with Crippen LogP contribution in [0.15, 0.2) is 0 Å². The lowest BCUT2D eigenvalue weighted by Crippen LogP contribution is -2.52. The summed E-state index contributed by atoms with van der Waals surface area (Å²) in [6, 6.07) is 0. The van der Waals surface area contributed by atoms with Crippen molar-refractivity contribution < 1.29 is 10.2 Å². The van der Waals surface area contributed by atoms with E-state index < -0.39 is 5.60 Å². The van der Waals surface area contributed by atoms with Gasteiger partial charge >= 0.3 is 0 Å². The topological polar surface area (TPSA) is 40.5 Å². The molecule has 0 aliphatic heterocycles. The molecule has 0 spiro atoms. The van der Waals surface area contributed by atoms with Gasteiger partial charge in [-0.2, -0.15) is 0 Å². The molecular formula is C11H20O2. The maximum absolute atomic E-state index is 10.4. The van der Waals surface area contributed by atoms with E-state index in [4.69, 9.17) is 0 Å². The van der Waals surface area contributed by atoms with Gasteiger partial charge < -0.3 is 10.2 Å². The molecule has 2 rings (SSSR count). The fourth-order valence-electron chi connectivity index (χ4n) is 3.43. The summed E-state index contributed by atoms with van der Waals surface area (Å²) in [7, 11) is 0. The quantitative estimate of drug-likeness (QED) is 0.601. The second kappa shape index (κ2) is 3.25. The number of fused-ring (bicyclic) bond motifs is 1. The first kappa shape index (κ1) is 9.47. The maximum atomic E-state index is 10.4. The Morgan fingerprint density at radius 1 is 1.15 bits per heavy atom. The van der Waals surface area contributed by atoms with Gasteiger partial charge in [0.1, 0.15) is 0 Å². The zero-order chi connectivity index (χ0) is 9.47. The van der Waals surface area contributed by atoms with Gasteiger partial charge in [0, 0.05) is 5.92 Å². The summed E-state index contributed by atoms with van der Waals surface area (Å²) in [6.45, 7) is 2.17. The van der Waals surface area contributed by atoms with Crippen molar-refractivity contribution in [2.24, 2.45) is 11.8 Å². The lowest BCUT2D eigenvalue weighted by molar-refractivity contribution is -0.144. The molecule has 2 fully saturated rings. The monoisotopic (exact) mass is 184 g/mol. The highest BCUT2D eigenvalue weighted by Crippen LogP contribution is 2.46. The number of hydrogen-bond acceptors (Lipinski definition) is 2. The lowest BCUT2D eigenvalue weighted by Gasteiger charge is -2.49. The van der Waals surface area contributed by atoms with E-state index in [2.05, 4.69) is 6.92 Å². The molecule has 76 valence electrons. The van der Waals surface area contributed by atoms with Crippen LogP contribution in [0.1, 0.15) is 45.4 Å². The van der Waals surface area contributed by atoms with E-state index in [0.717, 1.165) is 32.1 Å². The van der Waals surface area contributed by atoms with Crippen LogP contribution in [0.4, 0.5) is 0 Å². The molecule has 2 N–H and O–H groups in total. The molecule has 0 amide bonds. The summed E-state index contributed by atoms with van der Waals surface area (Å²) in [4.78, 5) is 0. The van der Waals surface area contributed by atoms with Gasteiger partial charge in [0.2, 0.25) is 0 Å². The van der Waals surface area contributed by atoms with Gasteiger partial charge in [0.05, 0.1) is 11.7 Å². The molecule has 2 nitrogen and oxygen atoms in total. The van der Waals surface area contributed by atoms with E-state index in [0.29, 0.717) is 5.92 Å². The highest BCUT2D eigenvalue weighted by Gasteiger charge is 2.47. The minimum Gasteiger partial charge on any atom is -0.393 e. The average Bonchev–Trinajstić information content (AvgIpc) is 2.02. The Balaban J connectivity index is 2.19. The molecular weight excluding hydrogens is 164 g/mol. The van der Waals surface area contributed by atoms with E-state index in [9.17, 15) is 10.2 Å². The Kier molecular flexibility index (Phi) is 2.37. The van der Waals surface area contributed by atoms with Gasteiger partial charge in [-0.3, -0.25) is 0 Å². The first-order valence-corrected chi connectivity index (χ1v) is 5.54. The summed E-state index contributed by atoms with van der Waals surface area (Å²) >= 11 is 0. The third kappa shape index (κ3) is 1.50. The van der Waals surface area contributed by atoms with Crippen LogP contribution in [-0.4, -0.2) is 21.9 Å². The van der Waals surface area contributed by atoms with Gasteiger partial charge in [-0.25, -0.2) is 0 Å². The van der Waals surface area contributed by atoms with Crippen LogP contribution in [0.2, 0.25) is 0 Å². The second-order valence-electron chi connectivity index (χ2n) is 4.96. The first-order chi connectivity index (χ1) is 6.13. The van der Waals surface area contributed by atoms with E-state index >= 15 is 0 Å². The van der Waals surface area contributed by atoms with Crippen LogP contribution in [0.25, 0.3) is 0 Å². The van der Waals surface area contributed by atoms with Crippen molar-refractivity contribution >= 4 is 0 Å². The molecule has 2 heteroatoms. The third-order valence-corrected chi connectivity index (χ3v) is 4.03. The fraction of sp³-hybridized carbons (Fsp3) is 1.00. The van der Waals surface area contributed by atoms with Gasteiger partial charge in [0.15, 0.2) is 0 Å². The predicted octanol–water partition coefficient (Wildman–Crippen LogP) is 1.70. The van der Waals surface area contributed by atoms with Gasteiger partial charge in [-0.1, -0.05) is 19.8 Å².